The van der Waals surface area contributed by atoms with Crippen LogP contribution in [0.3, 0.4) is 0 Å². The average Bonchev–Trinajstić information content (AvgIpc) is 3.05. The molecule has 0 fully saturated rings. The molecule has 2 atom stereocenters. The highest BCUT2D eigenvalue weighted by atomic mass is 16.2. The summed E-state index contributed by atoms with van der Waals surface area (Å²) < 4.78 is 0. The third-order valence-corrected chi connectivity index (χ3v) is 4.57. The zero-order chi connectivity index (χ0) is 16.5. The third-order valence-electron chi connectivity index (χ3n) is 4.57. The lowest BCUT2D eigenvalue weighted by atomic mass is 9.95. The zero-order valence-corrected chi connectivity index (χ0v) is 13.5. The number of nitrogens with zero attached hydrogens (tertiary/aromatic N) is 1. The van der Waals surface area contributed by atoms with Gasteiger partial charge in [0.25, 0.3) is 0 Å². The van der Waals surface area contributed by atoms with Crippen LogP contribution in [0.2, 0.25) is 0 Å². The molecule has 4 rings (SSSR count). The lowest BCUT2D eigenvalue weighted by Crippen LogP contribution is -2.48. The van der Waals surface area contributed by atoms with Crippen molar-refractivity contribution in [3.05, 3.63) is 65.5 Å². The Bertz CT molecular complexity index is 853. The maximum Gasteiger partial charge on any atom is 0.238 e. The van der Waals surface area contributed by atoms with E-state index in [-0.39, 0.29) is 18.0 Å². The molecule has 3 aromatic rings. The monoisotopic (exact) mass is 320 g/mol. The number of rotatable bonds is 3. The third kappa shape index (κ3) is 2.78. The van der Waals surface area contributed by atoms with Crippen molar-refractivity contribution in [3.8, 4) is 0 Å². The summed E-state index contributed by atoms with van der Waals surface area (Å²) in [5, 5.41) is 6.38. The van der Waals surface area contributed by atoms with E-state index in [9.17, 15) is 4.79 Å². The first-order valence-corrected chi connectivity index (χ1v) is 8.26. The molecule has 1 aliphatic rings. The topological polar surface area (TPSA) is 69.8 Å². The number of nitrogens with one attached hydrogen (secondary N) is 3. The maximum atomic E-state index is 12.6. The van der Waals surface area contributed by atoms with Crippen LogP contribution in [-0.2, 0) is 17.8 Å². The van der Waals surface area contributed by atoms with Crippen LogP contribution < -0.4 is 10.6 Å². The molecular weight excluding hydrogens is 300 g/mol. The predicted molar refractivity (Wildman–Crippen MR) is 93.4 cm³/mol. The Morgan fingerprint density at radius 3 is 2.75 bits per heavy atom. The van der Waals surface area contributed by atoms with Gasteiger partial charge in [-0.2, -0.15) is 0 Å². The molecule has 5 nitrogen and oxygen atoms in total. The Balaban J connectivity index is 1.46. The standard InChI is InChI=1S/C19H20N4O/c1-12(18-22-15-8-4-5-9-16(15)23-18)21-19(24)17-10-13-6-2-3-7-14(13)11-20-17/h2-9,12,17,20H,10-11H2,1H3,(H,21,24)(H,22,23)/t12-,17-/m0/s1. The van der Waals surface area contributed by atoms with Gasteiger partial charge in [0.05, 0.1) is 23.1 Å². The molecule has 3 N–H and O–H groups in total. The van der Waals surface area contributed by atoms with Crippen molar-refractivity contribution in [1.82, 2.24) is 20.6 Å². The molecule has 2 heterocycles. The highest BCUT2D eigenvalue weighted by Gasteiger charge is 2.25. The second-order valence-electron chi connectivity index (χ2n) is 6.28. The molecule has 0 saturated heterocycles. The maximum absolute atomic E-state index is 12.6. The number of aromatic amines is 1. The van der Waals surface area contributed by atoms with E-state index < -0.39 is 0 Å². The molecular formula is C19H20N4O. The minimum absolute atomic E-state index is 0.0115. The number of benzene rings is 2. The molecule has 122 valence electrons. The van der Waals surface area contributed by atoms with Gasteiger partial charge in [0, 0.05) is 6.54 Å². The number of fused-ring (bicyclic) bond motifs is 2. The summed E-state index contributed by atoms with van der Waals surface area (Å²) >= 11 is 0. The average molecular weight is 320 g/mol. The van der Waals surface area contributed by atoms with E-state index >= 15 is 0 Å². The van der Waals surface area contributed by atoms with Gasteiger partial charge in [-0.25, -0.2) is 4.98 Å². The smallest absolute Gasteiger partial charge is 0.238 e. The highest BCUT2D eigenvalue weighted by molar-refractivity contribution is 5.83. The summed E-state index contributed by atoms with van der Waals surface area (Å²) in [7, 11) is 0. The summed E-state index contributed by atoms with van der Waals surface area (Å²) in [5.41, 5.74) is 4.41. The summed E-state index contributed by atoms with van der Waals surface area (Å²) in [4.78, 5) is 20.4. The van der Waals surface area contributed by atoms with E-state index in [0.29, 0.717) is 0 Å². The fourth-order valence-corrected chi connectivity index (χ4v) is 3.20. The van der Waals surface area contributed by atoms with Crippen LogP contribution in [0.25, 0.3) is 11.0 Å². The Labute approximate surface area is 140 Å². The number of amides is 1. The summed E-state index contributed by atoms with van der Waals surface area (Å²) in [5.74, 6) is 0.790. The number of hydrogen-bond donors (Lipinski definition) is 3. The van der Waals surface area contributed by atoms with Gasteiger partial charge < -0.3 is 15.6 Å². The molecule has 2 aromatic carbocycles. The zero-order valence-electron chi connectivity index (χ0n) is 13.5. The van der Waals surface area contributed by atoms with Gasteiger partial charge in [0.15, 0.2) is 0 Å². The number of carbonyl (C=O) groups is 1. The lowest BCUT2D eigenvalue weighted by molar-refractivity contribution is -0.124. The molecule has 1 aromatic heterocycles. The van der Waals surface area contributed by atoms with Crippen LogP contribution in [0, 0.1) is 0 Å². The first kappa shape index (κ1) is 14.9. The van der Waals surface area contributed by atoms with Crippen LogP contribution in [0.15, 0.2) is 48.5 Å². The van der Waals surface area contributed by atoms with E-state index in [2.05, 4.69) is 32.7 Å². The second kappa shape index (κ2) is 6.09. The van der Waals surface area contributed by atoms with Crippen LogP contribution in [0.4, 0.5) is 0 Å². The van der Waals surface area contributed by atoms with Crippen molar-refractivity contribution in [2.24, 2.45) is 0 Å². The van der Waals surface area contributed by atoms with Gasteiger partial charge in [-0.05, 0) is 36.6 Å². The normalized spacial score (nSPS) is 18.1. The van der Waals surface area contributed by atoms with Crippen LogP contribution in [-0.4, -0.2) is 21.9 Å². The Kier molecular flexibility index (Phi) is 3.78. The van der Waals surface area contributed by atoms with E-state index in [1.54, 1.807) is 0 Å². The summed E-state index contributed by atoms with van der Waals surface area (Å²) in [6, 6.07) is 15.8. The van der Waals surface area contributed by atoms with Crippen LogP contribution in [0.1, 0.15) is 29.9 Å². The number of para-hydroxylation sites is 2. The number of H-pyrrole nitrogens is 1. The van der Waals surface area contributed by atoms with Crippen LogP contribution in [0.5, 0.6) is 0 Å². The second-order valence-corrected chi connectivity index (χ2v) is 6.28. The van der Waals surface area contributed by atoms with Gasteiger partial charge in [-0.3, -0.25) is 4.79 Å². The van der Waals surface area contributed by atoms with Crippen molar-refractivity contribution in [1.29, 1.82) is 0 Å². The van der Waals surface area contributed by atoms with Gasteiger partial charge in [-0.15, -0.1) is 0 Å². The van der Waals surface area contributed by atoms with Gasteiger partial charge in [-0.1, -0.05) is 36.4 Å². The molecule has 0 saturated carbocycles. The summed E-state index contributed by atoms with van der Waals surface area (Å²) in [6.07, 6.45) is 0.717. The van der Waals surface area contributed by atoms with Crippen LogP contribution >= 0.6 is 0 Å². The predicted octanol–water partition coefficient (Wildman–Crippen LogP) is 2.45. The molecule has 1 amide bonds. The van der Waals surface area contributed by atoms with E-state index in [1.165, 1.54) is 11.1 Å². The van der Waals surface area contributed by atoms with Gasteiger partial charge in [0.1, 0.15) is 5.82 Å². The molecule has 0 bridgehead atoms. The molecule has 24 heavy (non-hydrogen) atoms. The first-order valence-electron chi connectivity index (χ1n) is 8.26. The number of hydrogen-bond acceptors (Lipinski definition) is 3. The Hall–Kier alpha value is -2.66. The largest absolute Gasteiger partial charge is 0.345 e. The van der Waals surface area contributed by atoms with Crippen molar-refractivity contribution in [2.75, 3.05) is 0 Å². The van der Waals surface area contributed by atoms with Crippen molar-refractivity contribution in [3.63, 3.8) is 0 Å². The van der Waals surface area contributed by atoms with Crippen molar-refractivity contribution >= 4 is 16.9 Å². The molecule has 0 spiro atoms. The fourth-order valence-electron chi connectivity index (χ4n) is 3.20. The van der Waals surface area contributed by atoms with Crippen molar-refractivity contribution in [2.45, 2.75) is 32.0 Å². The van der Waals surface area contributed by atoms with Gasteiger partial charge >= 0.3 is 0 Å². The number of imidazole rings is 1. The number of carbonyl (C=O) groups excluding carboxylic acids is 1. The molecule has 0 radical (unpaired) electrons. The van der Waals surface area contributed by atoms with Gasteiger partial charge in [0.2, 0.25) is 5.91 Å². The molecule has 1 aliphatic heterocycles. The molecule has 5 heteroatoms. The Morgan fingerprint density at radius 1 is 1.17 bits per heavy atom. The first-order chi connectivity index (χ1) is 11.7. The quantitative estimate of drug-likeness (QED) is 0.694. The fraction of sp³-hybridized carbons (Fsp3) is 0.263. The van der Waals surface area contributed by atoms with E-state index in [0.717, 1.165) is 29.8 Å². The van der Waals surface area contributed by atoms with E-state index in [4.69, 9.17) is 0 Å². The molecule has 0 aliphatic carbocycles. The minimum Gasteiger partial charge on any atom is -0.345 e. The SMILES string of the molecule is C[C@H](NC(=O)[C@@H]1Cc2ccccc2CN1)c1nc2ccccc2[nH]1. The van der Waals surface area contributed by atoms with Crippen molar-refractivity contribution < 1.29 is 4.79 Å². The molecule has 0 unspecified atom stereocenters. The summed E-state index contributed by atoms with van der Waals surface area (Å²) in [6.45, 7) is 2.68. The lowest BCUT2D eigenvalue weighted by Gasteiger charge is -2.26. The highest BCUT2D eigenvalue weighted by Crippen LogP contribution is 2.18. The Morgan fingerprint density at radius 2 is 1.92 bits per heavy atom. The number of aromatic nitrogens is 2. The van der Waals surface area contributed by atoms with E-state index in [1.807, 2.05) is 43.3 Å². The minimum atomic E-state index is -0.202.